The first-order valence-electron chi connectivity index (χ1n) is 13.0. The smallest absolute Gasteiger partial charge is 0.323 e. The van der Waals surface area contributed by atoms with Gasteiger partial charge in [0.25, 0.3) is 5.56 Å². The molecule has 0 saturated heterocycles. The van der Waals surface area contributed by atoms with E-state index < -0.39 is 6.03 Å². The van der Waals surface area contributed by atoms with Gasteiger partial charge in [-0.3, -0.25) is 9.36 Å². The molecular weight excluding hydrogens is 524 g/mol. The summed E-state index contributed by atoms with van der Waals surface area (Å²) in [5.74, 6) is 1.54. The molecule has 7 nitrogen and oxygen atoms in total. The summed E-state index contributed by atoms with van der Waals surface area (Å²) in [4.78, 5) is 31.1. The highest BCUT2D eigenvalue weighted by atomic mass is 35.5. The van der Waals surface area contributed by atoms with Crippen LogP contribution in [-0.4, -0.2) is 22.7 Å². The number of methoxy groups -OCH3 is 1. The molecule has 8 heteroatoms. The number of para-hydroxylation sites is 1. The van der Waals surface area contributed by atoms with Crippen molar-refractivity contribution in [1.29, 1.82) is 0 Å². The van der Waals surface area contributed by atoms with Crippen molar-refractivity contribution >= 4 is 39.9 Å². The van der Waals surface area contributed by atoms with Gasteiger partial charge in [0.05, 0.1) is 35.3 Å². The van der Waals surface area contributed by atoms with Crippen molar-refractivity contribution in [3.63, 3.8) is 0 Å². The largest absolute Gasteiger partial charge is 0.497 e. The second kappa shape index (κ2) is 12.1. The molecule has 4 aromatic carbocycles. The topological polar surface area (TPSA) is 85.3 Å². The van der Waals surface area contributed by atoms with Gasteiger partial charge in [0, 0.05) is 12.1 Å². The zero-order valence-electron chi connectivity index (χ0n) is 22.3. The van der Waals surface area contributed by atoms with Gasteiger partial charge < -0.3 is 15.4 Å². The van der Waals surface area contributed by atoms with E-state index in [4.69, 9.17) is 21.3 Å². The molecule has 40 heavy (non-hydrogen) atoms. The number of ether oxygens (including phenoxy) is 1. The number of nitrogens with zero attached hydrogens (tertiary/aromatic N) is 2. The fourth-order valence-electron chi connectivity index (χ4n) is 4.54. The van der Waals surface area contributed by atoms with Gasteiger partial charge >= 0.3 is 6.03 Å². The van der Waals surface area contributed by atoms with Crippen LogP contribution in [0.15, 0.2) is 95.8 Å². The van der Waals surface area contributed by atoms with Crippen molar-refractivity contribution in [3.05, 3.63) is 118 Å². The van der Waals surface area contributed by atoms with E-state index in [1.165, 1.54) is 0 Å². The van der Waals surface area contributed by atoms with Gasteiger partial charge in [0.1, 0.15) is 11.6 Å². The van der Waals surface area contributed by atoms with E-state index in [0.29, 0.717) is 40.3 Å². The third-order valence-corrected chi connectivity index (χ3v) is 6.93. The van der Waals surface area contributed by atoms with Gasteiger partial charge in [0.15, 0.2) is 0 Å². The number of benzene rings is 4. The number of anilines is 2. The molecule has 0 unspecified atom stereocenters. The lowest BCUT2D eigenvalue weighted by atomic mass is 10.0. The Labute approximate surface area is 237 Å². The van der Waals surface area contributed by atoms with Gasteiger partial charge in [-0.25, -0.2) is 9.78 Å². The van der Waals surface area contributed by atoms with E-state index in [9.17, 15) is 9.59 Å². The number of halogens is 1. The molecule has 0 aliphatic rings. The van der Waals surface area contributed by atoms with Crippen molar-refractivity contribution in [2.75, 3.05) is 17.7 Å². The molecule has 5 aromatic rings. The average Bonchev–Trinajstić information content (AvgIpc) is 2.97. The van der Waals surface area contributed by atoms with Crippen LogP contribution in [0, 0.1) is 0 Å². The quantitative estimate of drug-likeness (QED) is 0.210. The maximum atomic E-state index is 13.7. The Morgan fingerprint density at radius 2 is 1.62 bits per heavy atom. The molecule has 0 spiro atoms. The number of carbonyl (C=O) groups excluding carboxylic acids is 1. The summed E-state index contributed by atoms with van der Waals surface area (Å²) in [6.45, 7) is 2.46. The Balaban J connectivity index is 1.41. The second-order valence-electron chi connectivity index (χ2n) is 9.39. The predicted molar refractivity (Wildman–Crippen MR) is 162 cm³/mol. The highest BCUT2D eigenvalue weighted by molar-refractivity contribution is 6.33. The SMILES string of the molecule is CCCc1nc2ccc(NC(=O)Nc3ccccc3Cl)cc2c(=O)n1Cc1ccc(-c2ccc(OC)cc2)cc1. The summed E-state index contributed by atoms with van der Waals surface area (Å²) >= 11 is 6.15. The number of nitrogens with one attached hydrogen (secondary N) is 2. The van der Waals surface area contributed by atoms with Crippen LogP contribution in [0.4, 0.5) is 16.2 Å². The molecule has 0 aliphatic carbocycles. The summed E-state index contributed by atoms with van der Waals surface area (Å²) in [7, 11) is 1.65. The maximum Gasteiger partial charge on any atom is 0.323 e. The van der Waals surface area contributed by atoms with Crippen LogP contribution in [0.2, 0.25) is 5.02 Å². The number of hydrogen-bond donors (Lipinski definition) is 2. The molecule has 5 rings (SSSR count). The number of amides is 2. The third-order valence-electron chi connectivity index (χ3n) is 6.60. The minimum absolute atomic E-state index is 0.150. The fourth-order valence-corrected chi connectivity index (χ4v) is 4.72. The molecule has 0 fully saturated rings. The Morgan fingerprint density at radius 3 is 2.30 bits per heavy atom. The van der Waals surface area contributed by atoms with Crippen molar-refractivity contribution in [2.24, 2.45) is 0 Å². The number of fused-ring (bicyclic) bond motifs is 1. The number of urea groups is 1. The van der Waals surface area contributed by atoms with Crippen molar-refractivity contribution in [3.8, 4) is 16.9 Å². The van der Waals surface area contributed by atoms with Crippen LogP contribution in [0.25, 0.3) is 22.0 Å². The van der Waals surface area contributed by atoms with Crippen molar-refractivity contribution in [1.82, 2.24) is 9.55 Å². The minimum atomic E-state index is -0.458. The van der Waals surface area contributed by atoms with Gasteiger partial charge in [-0.1, -0.05) is 67.1 Å². The Kier molecular flexibility index (Phi) is 8.12. The van der Waals surface area contributed by atoms with E-state index in [1.54, 1.807) is 54.1 Å². The highest BCUT2D eigenvalue weighted by Crippen LogP contribution is 2.24. The first kappa shape index (κ1) is 27.0. The van der Waals surface area contributed by atoms with E-state index in [-0.39, 0.29) is 5.56 Å². The molecule has 2 N–H and O–H groups in total. The summed E-state index contributed by atoms with van der Waals surface area (Å²) in [6, 6.07) is 27.7. The molecule has 202 valence electrons. The predicted octanol–water partition coefficient (Wildman–Crippen LogP) is 7.37. The summed E-state index contributed by atoms with van der Waals surface area (Å²) in [5, 5.41) is 6.38. The van der Waals surface area contributed by atoms with Crippen LogP contribution < -0.4 is 20.9 Å². The lowest BCUT2D eigenvalue weighted by molar-refractivity contribution is 0.262. The normalized spacial score (nSPS) is 10.9. The zero-order chi connectivity index (χ0) is 28.1. The van der Waals surface area contributed by atoms with Crippen LogP contribution in [0.3, 0.4) is 0 Å². The molecule has 0 radical (unpaired) electrons. The number of aryl methyl sites for hydroxylation is 1. The molecule has 1 heterocycles. The fraction of sp³-hybridized carbons (Fsp3) is 0.156. The van der Waals surface area contributed by atoms with Gasteiger partial charge in [-0.2, -0.15) is 0 Å². The molecule has 1 aromatic heterocycles. The number of hydrogen-bond acceptors (Lipinski definition) is 4. The monoisotopic (exact) mass is 552 g/mol. The Bertz CT molecular complexity index is 1710. The van der Waals surface area contributed by atoms with E-state index >= 15 is 0 Å². The van der Waals surface area contributed by atoms with Gasteiger partial charge in [-0.15, -0.1) is 0 Å². The lowest BCUT2D eigenvalue weighted by Crippen LogP contribution is -2.26. The van der Waals surface area contributed by atoms with Crippen molar-refractivity contribution < 1.29 is 9.53 Å². The van der Waals surface area contributed by atoms with Crippen LogP contribution in [-0.2, 0) is 13.0 Å². The van der Waals surface area contributed by atoms with Gasteiger partial charge in [0.2, 0.25) is 0 Å². The summed E-state index contributed by atoms with van der Waals surface area (Å²) < 4.78 is 6.97. The van der Waals surface area contributed by atoms with Crippen LogP contribution >= 0.6 is 11.6 Å². The molecular formula is C32H29ClN4O3. The zero-order valence-corrected chi connectivity index (χ0v) is 23.0. The third kappa shape index (κ3) is 6.00. The first-order valence-corrected chi connectivity index (χ1v) is 13.4. The first-order chi connectivity index (χ1) is 19.4. The van der Waals surface area contributed by atoms with E-state index in [1.807, 2.05) is 36.4 Å². The molecule has 2 amide bonds. The average molecular weight is 553 g/mol. The lowest BCUT2D eigenvalue weighted by Gasteiger charge is -2.15. The molecule has 0 atom stereocenters. The number of carbonyl (C=O) groups is 1. The highest BCUT2D eigenvalue weighted by Gasteiger charge is 2.13. The molecule has 0 bridgehead atoms. The van der Waals surface area contributed by atoms with Crippen LogP contribution in [0.5, 0.6) is 5.75 Å². The standard InChI is InChI=1S/C32H29ClN4O3/c1-3-6-30-35-28-18-15-24(34-32(39)36-29-8-5-4-7-27(29)33)19-26(28)31(38)37(30)20-21-9-11-22(12-10-21)23-13-16-25(40-2)17-14-23/h4-5,7-19H,3,6,20H2,1-2H3,(H2,34,36,39). The van der Waals surface area contributed by atoms with E-state index in [2.05, 4.69) is 29.7 Å². The summed E-state index contributed by atoms with van der Waals surface area (Å²) in [5.41, 5.74) is 4.58. The van der Waals surface area contributed by atoms with Gasteiger partial charge in [-0.05, 0) is 65.6 Å². The number of aromatic nitrogens is 2. The minimum Gasteiger partial charge on any atom is -0.497 e. The second-order valence-corrected chi connectivity index (χ2v) is 9.79. The Hall–Kier alpha value is -4.62. The Morgan fingerprint density at radius 1 is 0.925 bits per heavy atom. The summed E-state index contributed by atoms with van der Waals surface area (Å²) in [6.07, 6.45) is 1.53. The molecule has 0 saturated carbocycles. The number of rotatable bonds is 8. The van der Waals surface area contributed by atoms with Crippen LogP contribution in [0.1, 0.15) is 24.7 Å². The molecule has 0 aliphatic heterocycles. The maximum absolute atomic E-state index is 13.7. The van der Waals surface area contributed by atoms with Crippen molar-refractivity contribution in [2.45, 2.75) is 26.3 Å². The van der Waals surface area contributed by atoms with E-state index in [0.717, 1.165) is 34.7 Å².